The van der Waals surface area contributed by atoms with E-state index in [1.54, 1.807) is 24.3 Å². The zero-order valence-corrected chi connectivity index (χ0v) is 12.0. The van der Waals surface area contributed by atoms with Crippen molar-refractivity contribution in [1.82, 2.24) is 9.88 Å². The van der Waals surface area contributed by atoms with Crippen LogP contribution in [0, 0.1) is 5.92 Å². The number of methoxy groups -OCH3 is 1. The van der Waals surface area contributed by atoms with Gasteiger partial charge in [-0.3, -0.25) is 9.78 Å². The summed E-state index contributed by atoms with van der Waals surface area (Å²) in [6, 6.07) is 1.65. The normalized spacial score (nSPS) is 22.7. The first-order chi connectivity index (χ1) is 8.63. The molecule has 0 aliphatic carbocycles. The van der Waals surface area contributed by atoms with Crippen molar-refractivity contribution >= 4 is 24.0 Å². The van der Waals surface area contributed by atoms with Gasteiger partial charge in [-0.2, -0.15) is 0 Å². The zero-order valence-electron chi connectivity index (χ0n) is 11.2. The van der Waals surface area contributed by atoms with Crippen LogP contribution >= 0.6 is 12.4 Å². The number of halogens is 1. The molecular formula is C13H20ClN3O2. The summed E-state index contributed by atoms with van der Waals surface area (Å²) < 4.78 is 5.41. The third-order valence-corrected chi connectivity index (χ3v) is 3.56. The highest BCUT2D eigenvalue weighted by Crippen LogP contribution is 2.22. The number of anilines is 1. The lowest BCUT2D eigenvalue weighted by Crippen LogP contribution is -2.46. The van der Waals surface area contributed by atoms with Crippen LogP contribution in [0.4, 0.5) is 5.69 Å². The monoisotopic (exact) mass is 285 g/mol. The molecule has 0 radical (unpaired) electrons. The number of nitrogens with zero attached hydrogens (tertiary/aromatic N) is 2. The van der Waals surface area contributed by atoms with Gasteiger partial charge in [0.15, 0.2) is 0 Å². The Bertz CT molecular complexity index is 442. The third-order valence-electron chi connectivity index (χ3n) is 3.56. The number of hydrogen-bond donors (Lipinski definition) is 1. The van der Waals surface area contributed by atoms with Crippen molar-refractivity contribution < 1.29 is 9.53 Å². The Hall–Kier alpha value is -1.33. The van der Waals surface area contributed by atoms with Crippen molar-refractivity contribution in [3.05, 3.63) is 24.0 Å². The van der Waals surface area contributed by atoms with E-state index in [4.69, 9.17) is 10.5 Å². The summed E-state index contributed by atoms with van der Waals surface area (Å²) in [5, 5.41) is 0. The van der Waals surface area contributed by atoms with E-state index in [1.165, 1.54) is 6.20 Å². The number of carbonyl (C=O) groups excluding carboxylic acids is 1. The number of piperidine rings is 1. The van der Waals surface area contributed by atoms with E-state index in [0.717, 1.165) is 13.0 Å². The fraction of sp³-hybridized carbons (Fsp3) is 0.538. The van der Waals surface area contributed by atoms with E-state index in [-0.39, 0.29) is 24.4 Å². The van der Waals surface area contributed by atoms with Crippen LogP contribution in [0.2, 0.25) is 0 Å². The van der Waals surface area contributed by atoms with Crippen molar-refractivity contribution in [2.75, 3.05) is 25.9 Å². The number of hydrogen-bond acceptors (Lipinski definition) is 4. The Morgan fingerprint density at radius 3 is 2.95 bits per heavy atom. The number of carbonyl (C=O) groups is 1. The predicted octanol–water partition coefficient (Wildman–Crippen LogP) is 1.58. The first-order valence-corrected chi connectivity index (χ1v) is 6.15. The second-order valence-corrected chi connectivity index (χ2v) is 4.75. The molecule has 106 valence electrons. The van der Waals surface area contributed by atoms with Crippen LogP contribution in [-0.4, -0.2) is 42.1 Å². The number of nitrogens with two attached hydrogens (primary N) is 1. The van der Waals surface area contributed by atoms with Crippen LogP contribution in [0.5, 0.6) is 0 Å². The molecule has 2 atom stereocenters. The summed E-state index contributed by atoms with van der Waals surface area (Å²) in [5.41, 5.74) is 6.75. The lowest BCUT2D eigenvalue weighted by atomic mass is 9.95. The molecule has 0 spiro atoms. The van der Waals surface area contributed by atoms with Crippen molar-refractivity contribution in [2.24, 2.45) is 5.92 Å². The van der Waals surface area contributed by atoms with Gasteiger partial charge in [0.05, 0.1) is 11.7 Å². The Morgan fingerprint density at radius 2 is 2.32 bits per heavy atom. The molecule has 0 saturated carbocycles. The standard InChI is InChI=1S/C13H19N3O2.ClH/c1-9-4-6-16(8-12(9)18-2)13(17)10-7-15-5-3-11(10)14;/h3,5,7,9,12H,4,6,8H2,1-2H3,(H2,14,15);1H. The van der Waals surface area contributed by atoms with Crippen LogP contribution in [0.1, 0.15) is 23.7 Å². The van der Waals surface area contributed by atoms with Crippen molar-refractivity contribution in [1.29, 1.82) is 0 Å². The zero-order chi connectivity index (χ0) is 13.1. The quantitative estimate of drug-likeness (QED) is 0.896. The van der Waals surface area contributed by atoms with Crippen LogP contribution in [0.3, 0.4) is 0 Å². The van der Waals surface area contributed by atoms with Gasteiger partial charge in [-0.05, 0) is 18.4 Å². The van der Waals surface area contributed by atoms with E-state index >= 15 is 0 Å². The van der Waals surface area contributed by atoms with Gasteiger partial charge in [-0.1, -0.05) is 6.92 Å². The van der Waals surface area contributed by atoms with Gasteiger partial charge in [-0.25, -0.2) is 0 Å². The molecule has 0 aromatic carbocycles. The van der Waals surface area contributed by atoms with Gasteiger partial charge < -0.3 is 15.4 Å². The Balaban J connectivity index is 0.00000180. The molecule has 2 unspecified atom stereocenters. The molecular weight excluding hydrogens is 266 g/mol. The Kier molecular flexibility index (Phi) is 5.57. The molecule has 1 amide bonds. The molecule has 5 nitrogen and oxygen atoms in total. The van der Waals surface area contributed by atoms with Gasteiger partial charge in [0.25, 0.3) is 5.91 Å². The highest BCUT2D eigenvalue weighted by molar-refractivity contribution is 5.98. The summed E-state index contributed by atoms with van der Waals surface area (Å²) in [5.74, 6) is 0.417. The van der Waals surface area contributed by atoms with Gasteiger partial charge in [0, 0.05) is 38.3 Å². The number of nitrogen functional groups attached to an aromatic ring is 1. The second kappa shape index (κ2) is 6.73. The van der Waals surface area contributed by atoms with Crippen LogP contribution < -0.4 is 5.73 Å². The maximum Gasteiger partial charge on any atom is 0.257 e. The minimum atomic E-state index is -0.0606. The topological polar surface area (TPSA) is 68.5 Å². The smallest absolute Gasteiger partial charge is 0.257 e. The van der Waals surface area contributed by atoms with E-state index in [2.05, 4.69) is 11.9 Å². The predicted molar refractivity (Wildman–Crippen MR) is 76.4 cm³/mol. The van der Waals surface area contributed by atoms with Crippen LogP contribution in [0.25, 0.3) is 0 Å². The number of likely N-dealkylation sites (tertiary alicyclic amines) is 1. The fourth-order valence-electron chi connectivity index (χ4n) is 2.28. The van der Waals surface area contributed by atoms with Gasteiger partial charge in [0.2, 0.25) is 0 Å². The average molecular weight is 286 g/mol. The summed E-state index contributed by atoms with van der Waals surface area (Å²) in [6.45, 7) is 3.51. The third kappa shape index (κ3) is 3.36. The lowest BCUT2D eigenvalue weighted by molar-refractivity contribution is -0.00154. The maximum atomic E-state index is 12.3. The highest BCUT2D eigenvalue weighted by Gasteiger charge is 2.29. The summed E-state index contributed by atoms with van der Waals surface area (Å²) in [4.78, 5) is 18.1. The molecule has 1 aliphatic rings. The van der Waals surface area contributed by atoms with E-state index < -0.39 is 0 Å². The minimum Gasteiger partial charge on any atom is -0.398 e. The summed E-state index contributed by atoms with van der Waals surface area (Å²) >= 11 is 0. The van der Waals surface area contributed by atoms with Crippen LogP contribution in [-0.2, 0) is 4.74 Å². The maximum absolute atomic E-state index is 12.3. The summed E-state index contributed by atoms with van der Waals surface area (Å²) in [6.07, 6.45) is 4.16. The molecule has 1 fully saturated rings. The summed E-state index contributed by atoms with van der Waals surface area (Å²) in [7, 11) is 1.69. The molecule has 1 aliphatic heterocycles. The first kappa shape index (κ1) is 15.7. The molecule has 1 aromatic heterocycles. The van der Waals surface area contributed by atoms with Gasteiger partial charge in [-0.15, -0.1) is 12.4 Å². The van der Waals surface area contributed by atoms with Crippen molar-refractivity contribution in [2.45, 2.75) is 19.4 Å². The van der Waals surface area contributed by atoms with Gasteiger partial charge >= 0.3 is 0 Å². The number of aromatic nitrogens is 1. The van der Waals surface area contributed by atoms with E-state index in [0.29, 0.717) is 23.7 Å². The second-order valence-electron chi connectivity index (χ2n) is 4.75. The number of pyridine rings is 1. The molecule has 19 heavy (non-hydrogen) atoms. The van der Waals surface area contributed by atoms with Crippen LogP contribution in [0.15, 0.2) is 18.5 Å². The lowest BCUT2D eigenvalue weighted by Gasteiger charge is -2.36. The largest absolute Gasteiger partial charge is 0.398 e. The average Bonchev–Trinajstić information content (AvgIpc) is 2.39. The Morgan fingerprint density at radius 1 is 1.58 bits per heavy atom. The van der Waals surface area contributed by atoms with E-state index in [9.17, 15) is 4.79 Å². The molecule has 0 bridgehead atoms. The van der Waals surface area contributed by atoms with Crippen molar-refractivity contribution in [3.63, 3.8) is 0 Å². The highest BCUT2D eigenvalue weighted by atomic mass is 35.5. The fourth-order valence-corrected chi connectivity index (χ4v) is 2.28. The molecule has 1 saturated heterocycles. The van der Waals surface area contributed by atoms with E-state index in [1.807, 2.05) is 0 Å². The number of ether oxygens (including phenoxy) is 1. The molecule has 2 heterocycles. The number of rotatable bonds is 2. The molecule has 2 rings (SSSR count). The van der Waals surface area contributed by atoms with Crippen molar-refractivity contribution in [3.8, 4) is 0 Å². The SMILES string of the molecule is COC1CN(C(=O)c2cnccc2N)CCC1C.Cl. The first-order valence-electron chi connectivity index (χ1n) is 6.15. The Labute approximate surface area is 119 Å². The van der Waals surface area contributed by atoms with Gasteiger partial charge in [0.1, 0.15) is 0 Å². The molecule has 2 N–H and O–H groups in total. The molecule has 6 heteroatoms. The number of amides is 1. The molecule has 1 aromatic rings. The minimum absolute atomic E-state index is 0.